The molecule has 0 bridgehead atoms. The van der Waals surface area contributed by atoms with Crippen LogP contribution < -0.4 is 0 Å². The maximum atomic E-state index is 12.7. The minimum absolute atomic E-state index is 0.112. The Bertz CT molecular complexity index is 1060. The highest BCUT2D eigenvalue weighted by Crippen LogP contribution is 2.30. The van der Waals surface area contributed by atoms with Crippen LogP contribution in [0.2, 0.25) is 0 Å². The fourth-order valence-corrected chi connectivity index (χ4v) is 5.09. The number of imidazole rings is 2. The molecule has 0 unspecified atom stereocenters. The first-order valence-corrected chi connectivity index (χ1v) is 10.9. The Balaban J connectivity index is 1.49. The third-order valence-corrected chi connectivity index (χ3v) is 6.98. The number of nitrogens with zero attached hydrogens (tertiary/aromatic N) is 6. The van der Waals surface area contributed by atoms with Gasteiger partial charge in [-0.1, -0.05) is 13.0 Å². The first-order valence-electron chi connectivity index (χ1n) is 9.46. The second-order valence-corrected chi connectivity index (χ2v) is 8.93. The fraction of sp³-hybridized carbons (Fsp3) is 0.421. The van der Waals surface area contributed by atoms with Gasteiger partial charge in [-0.2, -0.15) is 4.31 Å². The van der Waals surface area contributed by atoms with Gasteiger partial charge in [0.2, 0.25) is 0 Å². The molecule has 1 fully saturated rings. The SMILES string of the molecule is CCc1nccn1-c1cccc(C2CCN(S(=O)(=O)c3cn(C)cn3)CC2)n1. The summed E-state index contributed by atoms with van der Waals surface area (Å²) in [7, 11) is -1.77. The van der Waals surface area contributed by atoms with Crippen molar-refractivity contribution in [1.29, 1.82) is 0 Å². The Morgan fingerprint density at radius 1 is 1.18 bits per heavy atom. The summed E-state index contributed by atoms with van der Waals surface area (Å²) in [5.74, 6) is 2.07. The molecule has 0 N–H and O–H groups in total. The van der Waals surface area contributed by atoms with Gasteiger partial charge in [0.1, 0.15) is 11.6 Å². The molecular weight excluding hydrogens is 376 g/mol. The number of hydrogen-bond acceptors (Lipinski definition) is 5. The van der Waals surface area contributed by atoms with Crippen molar-refractivity contribution in [3.63, 3.8) is 0 Å². The summed E-state index contributed by atoms with van der Waals surface area (Å²) in [6.07, 6.45) is 9.09. The minimum Gasteiger partial charge on any atom is -0.339 e. The Hall–Kier alpha value is -2.52. The predicted octanol–water partition coefficient (Wildman–Crippen LogP) is 2.13. The van der Waals surface area contributed by atoms with Crippen LogP contribution in [0.25, 0.3) is 5.82 Å². The first kappa shape index (κ1) is 18.8. The molecule has 0 radical (unpaired) electrons. The average molecular weight is 401 g/mol. The highest BCUT2D eigenvalue weighted by Gasteiger charge is 2.31. The molecule has 0 aliphatic carbocycles. The predicted molar refractivity (Wildman–Crippen MR) is 105 cm³/mol. The number of hydrogen-bond donors (Lipinski definition) is 0. The number of aromatic nitrogens is 5. The van der Waals surface area contributed by atoms with Gasteiger partial charge < -0.3 is 4.57 Å². The van der Waals surface area contributed by atoms with Crippen molar-refractivity contribution in [2.24, 2.45) is 7.05 Å². The van der Waals surface area contributed by atoms with Crippen LogP contribution in [0.15, 0.2) is 48.1 Å². The zero-order chi connectivity index (χ0) is 19.7. The lowest BCUT2D eigenvalue weighted by Crippen LogP contribution is -2.38. The standard InChI is InChI=1S/C19H24N6O2S/c1-3-17-20-9-12-25(17)18-6-4-5-16(22-18)15-7-10-24(11-8-15)28(26,27)19-13-23(2)14-21-19/h4-6,9,12-15H,3,7-8,10-11H2,1-2H3. The average Bonchev–Trinajstić information content (AvgIpc) is 3.37. The summed E-state index contributed by atoms with van der Waals surface area (Å²) in [5, 5.41) is 0.112. The summed E-state index contributed by atoms with van der Waals surface area (Å²) < 4.78 is 30.7. The molecule has 3 aromatic heterocycles. The number of aryl methyl sites for hydroxylation is 2. The highest BCUT2D eigenvalue weighted by atomic mass is 32.2. The summed E-state index contributed by atoms with van der Waals surface area (Å²) in [4.78, 5) is 13.2. The van der Waals surface area contributed by atoms with Crippen LogP contribution in [-0.4, -0.2) is 49.9 Å². The van der Waals surface area contributed by atoms with E-state index in [1.165, 1.54) is 10.6 Å². The Labute approximate surface area is 164 Å². The van der Waals surface area contributed by atoms with Crippen molar-refractivity contribution in [3.05, 3.63) is 54.6 Å². The maximum Gasteiger partial charge on any atom is 0.262 e. The molecule has 1 aliphatic rings. The van der Waals surface area contributed by atoms with Gasteiger partial charge in [-0.15, -0.1) is 0 Å². The molecule has 1 aliphatic heterocycles. The van der Waals surface area contributed by atoms with Crippen molar-refractivity contribution in [2.75, 3.05) is 13.1 Å². The van der Waals surface area contributed by atoms with E-state index in [4.69, 9.17) is 4.98 Å². The Morgan fingerprint density at radius 3 is 2.64 bits per heavy atom. The van der Waals surface area contributed by atoms with Gasteiger partial charge in [0, 0.05) is 56.8 Å². The third-order valence-electron chi connectivity index (χ3n) is 5.19. The molecule has 1 saturated heterocycles. The van der Waals surface area contributed by atoms with Crippen LogP contribution in [0, 0.1) is 0 Å². The van der Waals surface area contributed by atoms with Crippen molar-refractivity contribution < 1.29 is 8.42 Å². The van der Waals surface area contributed by atoms with Gasteiger partial charge in [0.15, 0.2) is 5.03 Å². The molecule has 28 heavy (non-hydrogen) atoms. The van der Waals surface area contributed by atoms with Crippen LogP contribution in [0.1, 0.15) is 37.2 Å². The summed E-state index contributed by atoms with van der Waals surface area (Å²) in [6.45, 7) is 3.02. The van der Waals surface area contributed by atoms with Crippen molar-refractivity contribution in [3.8, 4) is 5.82 Å². The largest absolute Gasteiger partial charge is 0.339 e. The van der Waals surface area contributed by atoms with Gasteiger partial charge in [-0.3, -0.25) is 4.57 Å². The summed E-state index contributed by atoms with van der Waals surface area (Å²) >= 11 is 0. The topological polar surface area (TPSA) is 85.9 Å². The monoisotopic (exact) mass is 400 g/mol. The molecule has 0 amide bonds. The summed E-state index contributed by atoms with van der Waals surface area (Å²) in [6, 6.07) is 6.01. The third kappa shape index (κ3) is 3.47. The molecule has 0 atom stereocenters. The van der Waals surface area contributed by atoms with Crippen LogP contribution in [0.4, 0.5) is 0 Å². The number of pyridine rings is 1. The van der Waals surface area contributed by atoms with Crippen molar-refractivity contribution in [1.82, 2.24) is 28.4 Å². The lowest BCUT2D eigenvalue weighted by atomic mass is 9.94. The van der Waals surface area contributed by atoms with E-state index in [9.17, 15) is 8.42 Å². The molecule has 4 heterocycles. The van der Waals surface area contributed by atoms with Crippen LogP contribution >= 0.6 is 0 Å². The first-order chi connectivity index (χ1) is 13.5. The van der Waals surface area contributed by atoms with Gasteiger partial charge >= 0.3 is 0 Å². The normalized spacial score (nSPS) is 16.5. The van der Waals surface area contributed by atoms with Crippen molar-refractivity contribution >= 4 is 10.0 Å². The lowest BCUT2D eigenvalue weighted by Gasteiger charge is -2.30. The zero-order valence-corrected chi connectivity index (χ0v) is 16.9. The van der Waals surface area contributed by atoms with E-state index in [1.54, 1.807) is 24.0 Å². The van der Waals surface area contributed by atoms with Crippen LogP contribution in [0.3, 0.4) is 0 Å². The number of sulfonamides is 1. The second-order valence-electron chi connectivity index (χ2n) is 7.04. The van der Waals surface area contributed by atoms with E-state index in [1.807, 2.05) is 29.0 Å². The van der Waals surface area contributed by atoms with E-state index < -0.39 is 10.0 Å². The molecule has 0 aromatic carbocycles. The molecule has 0 spiro atoms. The molecular formula is C19H24N6O2S. The van der Waals surface area contributed by atoms with Gasteiger partial charge in [0.05, 0.1) is 6.33 Å². The molecule has 0 saturated carbocycles. The van der Waals surface area contributed by atoms with E-state index >= 15 is 0 Å². The van der Waals surface area contributed by atoms with E-state index in [0.717, 1.165) is 36.6 Å². The number of rotatable bonds is 5. The van der Waals surface area contributed by atoms with Gasteiger partial charge in [0.25, 0.3) is 10.0 Å². The van der Waals surface area contributed by atoms with Crippen molar-refractivity contribution in [2.45, 2.75) is 37.1 Å². The van der Waals surface area contributed by atoms with Crippen LogP contribution in [0.5, 0.6) is 0 Å². The number of piperidine rings is 1. The minimum atomic E-state index is -3.53. The van der Waals surface area contributed by atoms with E-state index in [0.29, 0.717) is 13.1 Å². The van der Waals surface area contributed by atoms with Gasteiger partial charge in [-0.25, -0.2) is 23.4 Å². The van der Waals surface area contributed by atoms with E-state index in [-0.39, 0.29) is 10.9 Å². The maximum absolute atomic E-state index is 12.7. The molecule has 148 valence electrons. The molecule has 8 nitrogen and oxygen atoms in total. The Morgan fingerprint density at radius 2 is 1.96 bits per heavy atom. The molecule has 9 heteroatoms. The van der Waals surface area contributed by atoms with E-state index in [2.05, 4.69) is 16.9 Å². The second kappa shape index (κ2) is 7.48. The van der Waals surface area contributed by atoms with Gasteiger partial charge in [-0.05, 0) is 25.0 Å². The quantitative estimate of drug-likeness (QED) is 0.655. The molecule has 3 aromatic rings. The highest BCUT2D eigenvalue weighted by molar-refractivity contribution is 7.89. The smallest absolute Gasteiger partial charge is 0.262 e. The fourth-order valence-electron chi connectivity index (χ4n) is 3.65. The lowest BCUT2D eigenvalue weighted by molar-refractivity contribution is 0.316. The zero-order valence-electron chi connectivity index (χ0n) is 16.1. The van der Waals surface area contributed by atoms with Crippen LogP contribution in [-0.2, 0) is 23.5 Å². The molecule has 4 rings (SSSR count). The summed E-state index contributed by atoms with van der Waals surface area (Å²) in [5.41, 5.74) is 1.00. The Kier molecular flexibility index (Phi) is 5.03.